The summed E-state index contributed by atoms with van der Waals surface area (Å²) in [6.45, 7) is 2.83. The molecule has 2 unspecified atom stereocenters. The number of hydrogen-bond acceptors (Lipinski definition) is 5. The van der Waals surface area contributed by atoms with Gasteiger partial charge >= 0.3 is 6.03 Å². The van der Waals surface area contributed by atoms with Crippen LogP contribution in [0.5, 0.6) is 0 Å². The highest BCUT2D eigenvalue weighted by Gasteiger charge is 2.28. The highest BCUT2D eigenvalue weighted by molar-refractivity contribution is 5.89. The summed E-state index contributed by atoms with van der Waals surface area (Å²) in [6.07, 6.45) is 0.690. The van der Waals surface area contributed by atoms with Crippen LogP contribution >= 0.6 is 0 Å². The van der Waals surface area contributed by atoms with E-state index in [2.05, 4.69) is 26.4 Å². The predicted molar refractivity (Wildman–Crippen MR) is 106 cm³/mol. The monoisotopic (exact) mass is 386 g/mol. The molecular formula is C19H26N6O3. The Balaban J connectivity index is 1.86. The normalized spacial score (nSPS) is 19.1. The number of ether oxygens (including phenoxy) is 1. The summed E-state index contributed by atoms with van der Waals surface area (Å²) in [4.78, 5) is 24.3. The van der Waals surface area contributed by atoms with E-state index in [9.17, 15) is 9.59 Å². The van der Waals surface area contributed by atoms with Crippen molar-refractivity contribution in [3.8, 4) is 11.3 Å². The lowest BCUT2D eigenvalue weighted by Crippen LogP contribution is -2.53. The maximum atomic E-state index is 12.2. The number of anilines is 1. The van der Waals surface area contributed by atoms with Gasteiger partial charge in [0.05, 0.1) is 12.3 Å². The van der Waals surface area contributed by atoms with Crippen LogP contribution in [-0.2, 0) is 9.53 Å². The van der Waals surface area contributed by atoms with E-state index in [0.29, 0.717) is 31.1 Å². The predicted octanol–water partition coefficient (Wildman–Crippen LogP) is 1.66. The Hall–Kier alpha value is -2.91. The van der Waals surface area contributed by atoms with Crippen molar-refractivity contribution >= 4 is 17.8 Å². The largest absolute Gasteiger partial charge is 0.383 e. The first-order chi connectivity index (χ1) is 13.6. The first-order valence-electron chi connectivity index (χ1n) is 9.35. The Kier molecular flexibility index (Phi) is 6.62. The second-order valence-corrected chi connectivity index (χ2v) is 6.55. The fraction of sp³-hybridized carbons (Fsp3) is 0.421. The molecule has 9 heteroatoms. The van der Waals surface area contributed by atoms with Gasteiger partial charge in [0.15, 0.2) is 6.29 Å². The molecule has 1 aromatic carbocycles. The molecule has 2 aromatic rings. The number of carbonyl (C=O) groups excluding carboxylic acids is 2. The van der Waals surface area contributed by atoms with E-state index in [4.69, 9.17) is 4.74 Å². The highest BCUT2D eigenvalue weighted by atomic mass is 16.5. The minimum absolute atomic E-state index is 0.0477. The van der Waals surface area contributed by atoms with E-state index in [1.807, 2.05) is 37.3 Å². The summed E-state index contributed by atoms with van der Waals surface area (Å²) in [7, 11) is 1.57. The second-order valence-electron chi connectivity index (χ2n) is 6.55. The van der Waals surface area contributed by atoms with Gasteiger partial charge in [-0.25, -0.2) is 9.48 Å². The molecule has 3 amide bonds. The van der Waals surface area contributed by atoms with E-state index >= 15 is 0 Å². The van der Waals surface area contributed by atoms with Crippen molar-refractivity contribution in [2.75, 3.05) is 25.6 Å². The second kappa shape index (κ2) is 9.34. The number of rotatable bonds is 7. The van der Waals surface area contributed by atoms with Gasteiger partial charge < -0.3 is 15.4 Å². The van der Waals surface area contributed by atoms with Crippen molar-refractivity contribution in [2.45, 2.75) is 32.1 Å². The fourth-order valence-electron chi connectivity index (χ4n) is 3.01. The number of nitrogens with zero attached hydrogens (tertiary/aromatic N) is 2. The number of amides is 3. The van der Waals surface area contributed by atoms with Crippen LogP contribution in [0.4, 0.5) is 10.6 Å². The molecule has 3 rings (SSSR count). The standard InChI is InChI=1S/C19H26N6O3/c1-3-14-11-17(26)23-18(21-14)25-16(22-19(27)20-9-10-28-2)12-15(24-25)13-7-5-4-6-8-13/h4-8,12,14,18,21H,3,9-11H2,1-2H3,(H,23,26)(H2,20,22,27). The van der Waals surface area contributed by atoms with Gasteiger partial charge in [-0.1, -0.05) is 37.3 Å². The highest BCUT2D eigenvalue weighted by Crippen LogP contribution is 2.24. The summed E-state index contributed by atoms with van der Waals surface area (Å²) in [5, 5.41) is 16.4. The molecular weight excluding hydrogens is 360 g/mol. The molecule has 0 spiro atoms. The number of urea groups is 1. The maximum Gasteiger partial charge on any atom is 0.320 e. The Morgan fingerprint density at radius 2 is 2.14 bits per heavy atom. The lowest BCUT2D eigenvalue weighted by atomic mass is 10.1. The van der Waals surface area contributed by atoms with Gasteiger partial charge in [0.2, 0.25) is 5.91 Å². The van der Waals surface area contributed by atoms with Crippen molar-refractivity contribution in [3.63, 3.8) is 0 Å². The number of methoxy groups -OCH3 is 1. The zero-order valence-corrected chi connectivity index (χ0v) is 16.1. The molecule has 0 radical (unpaired) electrons. The van der Waals surface area contributed by atoms with E-state index in [1.165, 1.54) is 0 Å². The van der Waals surface area contributed by atoms with Gasteiger partial charge in [0.25, 0.3) is 0 Å². The van der Waals surface area contributed by atoms with Gasteiger partial charge in [-0.2, -0.15) is 5.10 Å². The van der Waals surface area contributed by atoms with Gasteiger partial charge in [-0.05, 0) is 6.42 Å². The van der Waals surface area contributed by atoms with Gasteiger partial charge in [0, 0.05) is 37.7 Å². The zero-order valence-electron chi connectivity index (χ0n) is 16.1. The van der Waals surface area contributed by atoms with E-state index in [0.717, 1.165) is 12.0 Å². The first kappa shape index (κ1) is 19.8. The molecule has 0 saturated carbocycles. The number of aromatic nitrogens is 2. The summed E-state index contributed by atoms with van der Waals surface area (Å²) in [6, 6.07) is 11.1. The molecule has 28 heavy (non-hydrogen) atoms. The quantitative estimate of drug-likeness (QED) is 0.541. The van der Waals surface area contributed by atoms with Crippen LogP contribution in [0.1, 0.15) is 26.1 Å². The van der Waals surface area contributed by atoms with Gasteiger partial charge in [-0.15, -0.1) is 0 Å². The van der Waals surface area contributed by atoms with Crippen molar-refractivity contribution in [3.05, 3.63) is 36.4 Å². The Bertz CT molecular complexity index is 807. The Labute approximate surface area is 163 Å². The molecule has 0 aliphatic carbocycles. The third-order valence-corrected chi connectivity index (χ3v) is 4.50. The first-order valence-corrected chi connectivity index (χ1v) is 9.35. The minimum atomic E-state index is -0.544. The average molecular weight is 386 g/mol. The van der Waals surface area contributed by atoms with Crippen LogP contribution in [0.25, 0.3) is 11.3 Å². The van der Waals surface area contributed by atoms with Crippen LogP contribution in [0.3, 0.4) is 0 Å². The molecule has 2 atom stereocenters. The smallest absolute Gasteiger partial charge is 0.320 e. The van der Waals surface area contributed by atoms with Gasteiger partial charge in [0.1, 0.15) is 5.82 Å². The lowest BCUT2D eigenvalue weighted by molar-refractivity contribution is -0.125. The molecule has 9 nitrogen and oxygen atoms in total. The molecule has 1 aliphatic rings. The minimum Gasteiger partial charge on any atom is -0.383 e. The van der Waals surface area contributed by atoms with Gasteiger partial charge in [-0.3, -0.25) is 15.4 Å². The lowest BCUT2D eigenvalue weighted by Gasteiger charge is -2.31. The van der Waals surface area contributed by atoms with E-state index in [1.54, 1.807) is 17.9 Å². The molecule has 150 valence electrons. The van der Waals surface area contributed by atoms with Crippen molar-refractivity contribution < 1.29 is 14.3 Å². The van der Waals surface area contributed by atoms with Crippen LogP contribution < -0.4 is 21.3 Å². The number of carbonyl (C=O) groups is 2. The topological polar surface area (TPSA) is 109 Å². The average Bonchev–Trinajstić information content (AvgIpc) is 3.12. The van der Waals surface area contributed by atoms with Crippen LogP contribution in [-0.4, -0.2) is 48.0 Å². The third kappa shape index (κ3) is 4.87. The number of hydrogen-bond donors (Lipinski definition) is 4. The zero-order chi connectivity index (χ0) is 19.9. The van der Waals surface area contributed by atoms with E-state index < -0.39 is 6.29 Å². The third-order valence-electron chi connectivity index (χ3n) is 4.50. The number of benzene rings is 1. The van der Waals surface area contributed by atoms with Crippen molar-refractivity contribution in [1.82, 2.24) is 25.7 Å². The molecule has 0 bridgehead atoms. The molecule has 1 aliphatic heterocycles. The molecule has 1 aromatic heterocycles. The molecule has 1 fully saturated rings. The summed E-state index contributed by atoms with van der Waals surface area (Å²) in [5.74, 6) is 0.422. The summed E-state index contributed by atoms with van der Waals surface area (Å²) >= 11 is 0. The van der Waals surface area contributed by atoms with Crippen LogP contribution in [0, 0.1) is 0 Å². The van der Waals surface area contributed by atoms with E-state index in [-0.39, 0.29) is 18.0 Å². The van der Waals surface area contributed by atoms with Crippen molar-refractivity contribution in [2.24, 2.45) is 0 Å². The Morgan fingerprint density at radius 1 is 1.36 bits per heavy atom. The summed E-state index contributed by atoms with van der Waals surface area (Å²) < 4.78 is 6.54. The van der Waals surface area contributed by atoms with Crippen molar-refractivity contribution in [1.29, 1.82) is 0 Å². The molecule has 2 heterocycles. The fourth-order valence-corrected chi connectivity index (χ4v) is 3.01. The molecule has 1 saturated heterocycles. The summed E-state index contributed by atoms with van der Waals surface area (Å²) in [5.41, 5.74) is 1.61. The maximum absolute atomic E-state index is 12.2. The SMILES string of the molecule is CCC1CC(=O)NC(n2nc(-c3ccccc3)cc2NC(=O)NCCOC)N1. The number of nitrogens with one attached hydrogen (secondary N) is 4. The van der Waals surface area contributed by atoms with Crippen LogP contribution in [0.15, 0.2) is 36.4 Å². The Morgan fingerprint density at radius 3 is 2.86 bits per heavy atom. The molecule has 4 N–H and O–H groups in total. The van der Waals surface area contributed by atoms with Crippen LogP contribution in [0.2, 0.25) is 0 Å².